The molecule has 172 valence electrons. The molecule has 1 N–H and O–H groups in total. The third kappa shape index (κ3) is 17.7. The van der Waals surface area contributed by atoms with Crippen molar-refractivity contribution in [2.24, 2.45) is 5.92 Å². The second-order valence-electron chi connectivity index (χ2n) is 6.79. The standard InChI is InChI=1S/C18H35NO8S2/c1-5-7-9-16(6-2)13-24-18(21)14-25-17(20)12-19-29(22,23)11-8-10-28-27-26-15(3)4/h15-16,19H,5-14H2,1-4H3. The molecule has 0 aliphatic heterocycles. The first-order chi connectivity index (χ1) is 13.7. The number of esters is 2. The average molecular weight is 458 g/mol. The molecule has 0 bridgehead atoms. The van der Waals surface area contributed by atoms with E-state index in [1.807, 2.05) is 20.8 Å². The Hall–Kier alpha value is -0.880. The molecule has 0 amide bonds. The average Bonchev–Trinajstić information content (AvgIpc) is 2.67. The minimum atomic E-state index is -3.63. The van der Waals surface area contributed by atoms with Crippen molar-refractivity contribution in [1.29, 1.82) is 0 Å². The largest absolute Gasteiger partial charge is 0.463 e. The predicted molar refractivity (Wildman–Crippen MR) is 111 cm³/mol. The molecule has 0 aromatic heterocycles. The van der Waals surface area contributed by atoms with E-state index in [4.69, 9.17) is 18.7 Å². The van der Waals surface area contributed by atoms with Crippen LogP contribution in [0.25, 0.3) is 0 Å². The summed E-state index contributed by atoms with van der Waals surface area (Å²) in [5.74, 6) is -0.942. The third-order valence-electron chi connectivity index (χ3n) is 3.73. The first kappa shape index (κ1) is 28.1. The first-order valence-electron chi connectivity index (χ1n) is 9.93. The maximum absolute atomic E-state index is 11.8. The second-order valence-corrected chi connectivity index (χ2v) is 9.50. The second kappa shape index (κ2) is 16.9. The van der Waals surface area contributed by atoms with Gasteiger partial charge in [0.05, 0.1) is 18.5 Å². The summed E-state index contributed by atoms with van der Waals surface area (Å²) < 4.78 is 40.4. The number of nitrogens with one attached hydrogen (secondary N) is 1. The Morgan fingerprint density at radius 1 is 1.07 bits per heavy atom. The fourth-order valence-corrected chi connectivity index (χ4v) is 3.76. The van der Waals surface area contributed by atoms with Gasteiger partial charge in [0, 0.05) is 17.8 Å². The highest BCUT2D eigenvalue weighted by Gasteiger charge is 2.15. The van der Waals surface area contributed by atoms with Crippen LogP contribution in [0.3, 0.4) is 0 Å². The summed E-state index contributed by atoms with van der Waals surface area (Å²) in [6, 6.07) is 0. The number of ether oxygens (including phenoxy) is 2. The zero-order valence-electron chi connectivity index (χ0n) is 17.8. The van der Waals surface area contributed by atoms with Crippen molar-refractivity contribution in [1.82, 2.24) is 4.72 Å². The van der Waals surface area contributed by atoms with Gasteiger partial charge in [-0.25, -0.2) is 22.8 Å². The number of hydrogen-bond acceptors (Lipinski definition) is 9. The molecule has 0 heterocycles. The van der Waals surface area contributed by atoms with E-state index in [1.165, 1.54) is 0 Å². The van der Waals surface area contributed by atoms with Gasteiger partial charge in [0.1, 0.15) is 6.54 Å². The molecule has 29 heavy (non-hydrogen) atoms. The van der Waals surface area contributed by atoms with Crippen LogP contribution in [-0.2, 0) is 38.3 Å². The highest BCUT2D eigenvalue weighted by molar-refractivity contribution is 7.94. The lowest BCUT2D eigenvalue weighted by Crippen LogP contribution is -2.33. The summed E-state index contributed by atoms with van der Waals surface area (Å²) in [7, 11) is -3.63. The zero-order valence-corrected chi connectivity index (χ0v) is 19.4. The molecule has 0 radical (unpaired) electrons. The van der Waals surface area contributed by atoms with Gasteiger partial charge in [-0.05, 0) is 32.6 Å². The predicted octanol–water partition coefficient (Wildman–Crippen LogP) is 2.60. The van der Waals surface area contributed by atoms with Crippen LogP contribution in [0.1, 0.15) is 59.8 Å². The minimum absolute atomic E-state index is 0.0784. The highest BCUT2D eigenvalue weighted by Crippen LogP contribution is 2.13. The topological polar surface area (TPSA) is 117 Å². The van der Waals surface area contributed by atoms with Gasteiger partial charge >= 0.3 is 11.9 Å². The molecular formula is C18H35NO8S2. The van der Waals surface area contributed by atoms with Crippen molar-refractivity contribution in [2.45, 2.75) is 65.9 Å². The highest BCUT2D eigenvalue weighted by atomic mass is 32.2. The molecule has 0 aliphatic carbocycles. The summed E-state index contributed by atoms with van der Waals surface area (Å²) in [6.07, 6.45) is 4.28. The summed E-state index contributed by atoms with van der Waals surface area (Å²) >= 11 is 1.01. The van der Waals surface area contributed by atoms with Crippen molar-refractivity contribution < 1.29 is 36.7 Å². The van der Waals surface area contributed by atoms with E-state index >= 15 is 0 Å². The molecule has 0 spiro atoms. The molecule has 0 aliphatic rings. The normalized spacial score (nSPS) is 12.7. The van der Waals surface area contributed by atoms with Crippen molar-refractivity contribution >= 4 is 34.0 Å². The lowest BCUT2D eigenvalue weighted by molar-refractivity contribution is -0.220. The summed E-state index contributed by atoms with van der Waals surface area (Å²) in [5.41, 5.74) is 0. The van der Waals surface area contributed by atoms with Crippen LogP contribution >= 0.6 is 12.0 Å². The Bertz CT molecular complexity index is 554. The van der Waals surface area contributed by atoms with Gasteiger partial charge < -0.3 is 9.47 Å². The van der Waals surface area contributed by atoms with Crippen LogP contribution in [-0.4, -0.2) is 57.7 Å². The monoisotopic (exact) mass is 457 g/mol. The third-order valence-corrected chi connectivity index (χ3v) is 5.77. The van der Waals surface area contributed by atoms with Gasteiger partial charge in [-0.1, -0.05) is 33.1 Å². The summed E-state index contributed by atoms with van der Waals surface area (Å²) in [5, 5.41) is 0. The van der Waals surface area contributed by atoms with Gasteiger partial charge in [-0.3, -0.25) is 4.79 Å². The van der Waals surface area contributed by atoms with Crippen molar-refractivity contribution in [3.63, 3.8) is 0 Å². The smallest absolute Gasteiger partial charge is 0.344 e. The lowest BCUT2D eigenvalue weighted by atomic mass is 10.0. The van der Waals surface area contributed by atoms with Crippen LogP contribution in [0, 0.1) is 5.92 Å². The van der Waals surface area contributed by atoms with Crippen LogP contribution in [0.2, 0.25) is 0 Å². The minimum Gasteiger partial charge on any atom is -0.463 e. The van der Waals surface area contributed by atoms with Crippen molar-refractivity contribution in [3.05, 3.63) is 0 Å². The SMILES string of the molecule is CCCCC(CC)COC(=O)COC(=O)CNS(=O)(=O)CCCSOOC(C)C. The van der Waals surface area contributed by atoms with E-state index < -0.39 is 35.1 Å². The van der Waals surface area contributed by atoms with Crippen LogP contribution < -0.4 is 4.72 Å². The van der Waals surface area contributed by atoms with Crippen LogP contribution in [0.15, 0.2) is 0 Å². The van der Waals surface area contributed by atoms with Crippen LogP contribution in [0.4, 0.5) is 0 Å². The number of hydrogen-bond donors (Lipinski definition) is 1. The summed E-state index contributed by atoms with van der Waals surface area (Å²) in [6.45, 7) is 6.97. The van der Waals surface area contributed by atoms with Crippen LogP contribution in [0.5, 0.6) is 0 Å². The Labute approximate surface area is 178 Å². The number of carbonyl (C=O) groups is 2. The Morgan fingerprint density at radius 2 is 1.79 bits per heavy atom. The van der Waals surface area contributed by atoms with Crippen molar-refractivity contribution in [3.8, 4) is 0 Å². The lowest BCUT2D eigenvalue weighted by Gasteiger charge is -2.14. The van der Waals surface area contributed by atoms with E-state index in [0.29, 0.717) is 24.7 Å². The molecule has 0 saturated carbocycles. The summed E-state index contributed by atoms with van der Waals surface area (Å²) in [4.78, 5) is 28.1. The fourth-order valence-electron chi connectivity index (χ4n) is 2.03. The van der Waals surface area contributed by atoms with Gasteiger partial charge in [-0.15, -0.1) is 0 Å². The van der Waals surface area contributed by atoms with E-state index in [0.717, 1.165) is 37.7 Å². The van der Waals surface area contributed by atoms with Crippen molar-refractivity contribution in [2.75, 3.05) is 31.3 Å². The molecule has 1 atom stereocenters. The van der Waals surface area contributed by atoms with E-state index in [1.54, 1.807) is 0 Å². The molecule has 0 aromatic carbocycles. The number of carbonyl (C=O) groups excluding carboxylic acids is 2. The van der Waals surface area contributed by atoms with E-state index in [-0.39, 0.29) is 11.9 Å². The maximum Gasteiger partial charge on any atom is 0.344 e. The van der Waals surface area contributed by atoms with Gasteiger partial charge in [0.15, 0.2) is 6.61 Å². The van der Waals surface area contributed by atoms with Gasteiger partial charge in [-0.2, -0.15) is 4.33 Å². The Balaban J connectivity index is 3.91. The molecular weight excluding hydrogens is 422 g/mol. The zero-order chi connectivity index (χ0) is 22.1. The molecule has 0 saturated heterocycles. The molecule has 0 aromatic rings. The Morgan fingerprint density at radius 3 is 2.41 bits per heavy atom. The van der Waals surface area contributed by atoms with Gasteiger partial charge in [0.2, 0.25) is 10.0 Å². The quantitative estimate of drug-likeness (QED) is 0.109. The first-order valence-corrected chi connectivity index (χ1v) is 12.5. The number of sulfonamides is 1. The van der Waals surface area contributed by atoms with Gasteiger partial charge in [0.25, 0.3) is 0 Å². The number of unbranched alkanes of at least 4 members (excludes halogenated alkanes) is 1. The van der Waals surface area contributed by atoms with E-state index in [9.17, 15) is 18.0 Å². The molecule has 9 nitrogen and oxygen atoms in total. The molecule has 0 rings (SSSR count). The Kier molecular flexibility index (Phi) is 16.4. The molecule has 1 unspecified atom stereocenters. The molecule has 0 fully saturated rings. The fraction of sp³-hybridized carbons (Fsp3) is 0.889. The number of rotatable bonds is 18. The molecule has 11 heteroatoms. The van der Waals surface area contributed by atoms with E-state index in [2.05, 4.69) is 11.6 Å². The maximum atomic E-state index is 11.8.